The first-order chi connectivity index (χ1) is 15.8. The lowest BCUT2D eigenvalue weighted by Gasteiger charge is -2.25. The number of likely N-dealkylation sites (tertiary alicyclic amines) is 1. The van der Waals surface area contributed by atoms with Crippen LogP contribution in [0.5, 0.6) is 5.75 Å². The molecule has 1 aliphatic rings. The van der Waals surface area contributed by atoms with E-state index in [-0.39, 0.29) is 28.5 Å². The third-order valence-electron chi connectivity index (χ3n) is 5.60. The fraction of sp³-hybridized carbons (Fsp3) is 0.200. The molecule has 8 heteroatoms. The van der Waals surface area contributed by atoms with Crippen molar-refractivity contribution in [3.05, 3.63) is 88.3 Å². The van der Waals surface area contributed by atoms with Gasteiger partial charge in [0.15, 0.2) is 0 Å². The number of furan rings is 1. The van der Waals surface area contributed by atoms with Crippen molar-refractivity contribution in [3.63, 3.8) is 0 Å². The van der Waals surface area contributed by atoms with Crippen LogP contribution in [-0.2, 0) is 16.1 Å². The molecule has 7 nitrogen and oxygen atoms in total. The van der Waals surface area contributed by atoms with Crippen LogP contribution in [0.4, 0.5) is 5.69 Å². The van der Waals surface area contributed by atoms with Gasteiger partial charge in [-0.25, -0.2) is 0 Å². The van der Waals surface area contributed by atoms with E-state index in [4.69, 9.17) is 20.8 Å². The molecule has 1 aromatic heterocycles. The highest BCUT2D eigenvalue weighted by Crippen LogP contribution is 2.42. The van der Waals surface area contributed by atoms with Crippen molar-refractivity contribution in [1.29, 1.82) is 0 Å². The first-order valence-corrected chi connectivity index (χ1v) is 10.6. The van der Waals surface area contributed by atoms with Crippen molar-refractivity contribution in [2.75, 3.05) is 26.1 Å². The lowest BCUT2D eigenvalue weighted by atomic mass is 9.95. The SMILES string of the molecule is COc1ccc(Cl)c(/C(O)=C2\C(=O)C(=O)N(Cc3ccco3)C2c2ccc(N(C)C)cc2)c1. The number of rotatable bonds is 6. The van der Waals surface area contributed by atoms with Crippen molar-refractivity contribution in [3.8, 4) is 5.75 Å². The van der Waals surface area contributed by atoms with E-state index in [1.54, 1.807) is 24.3 Å². The molecule has 0 bridgehead atoms. The molecular weight excluding hydrogens is 444 g/mol. The molecule has 1 aliphatic heterocycles. The highest BCUT2D eigenvalue weighted by atomic mass is 35.5. The van der Waals surface area contributed by atoms with Crippen molar-refractivity contribution >= 4 is 34.7 Å². The molecule has 1 amide bonds. The standard InChI is InChI=1S/C25H23ClN2O5/c1-27(2)16-8-6-15(7-9-16)22-21(23(29)19-13-17(32-3)10-11-20(19)26)24(30)25(31)28(22)14-18-5-4-12-33-18/h4-13,22,29H,14H2,1-3H3/b23-21+. The minimum absolute atomic E-state index is 0.0423. The van der Waals surface area contributed by atoms with E-state index in [2.05, 4.69) is 0 Å². The van der Waals surface area contributed by atoms with Crippen LogP contribution in [0.25, 0.3) is 5.76 Å². The Labute approximate surface area is 196 Å². The quantitative estimate of drug-likeness (QED) is 0.324. The number of ether oxygens (including phenoxy) is 1. The molecule has 2 heterocycles. The third-order valence-corrected chi connectivity index (χ3v) is 5.93. The van der Waals surface area contributed by atoms with Crippen LogP contribution in [0.3, 0.4) is 0 Å². The summed E-state index contributed by atoms with van der Waals surface area (Å²) in [6.07, 6.45) is 1.50. The molecule has 33 heavy (non-hydrogen) atoms. The van der Waals surface area contributed by atoms with Crippen molar-refractivity contribution in [1.82, 2.24) is 4.90 Å². The van der Waals surface area contributed by atoms with E-state index < -0.39 is 17.7 Å². The molecule has 170 valence electrons. The topological polar surface area (TPSA) is 83.2 Å². The predicted molar refractivity (Wildman–Crippen MR) is 125 cm³/mol. The fourth-order valence-electron chi connectivity index (χ4n) is 3.87. The molecule has 0 spiro atoms. The number of benzene rings is 2. The summed E-state index contributed by atoms with van der Waals surface area (Å²) in [6.45, 7) is 0.0697. The number of halogens is 1. The number of carbonyl (C=O) groups excluding carboxylic acids is 2. The number of aliphatic hydroxyl groups excluding tert-OH is 1. The number of carbonyl (C=O) groups is 2. The fourth-order valence-corrected chi connectivity index (χ4v) is 4.08. The van der Waals surface area contributed by atoms with Gasteiger partial charge in [-0.1, -0.05) is 23.7 Å². The van der Waals surface area contributed by atoms with Gasteiger partial charge in [-0.15, -0.1) is 0 Å². The second kappa shape index (κ2) is 9.03. The Morgan fingerprint density at radius 1 is 1.15 bits per heavy atom. The van der Waals surface area contributed by atoms with Crippen LogP contribution in [0.2, 0.25) is 5.02 Å². The van der Waals surface area contributed by atoms with Crippen LogP contribution in [-0.4, -0.2) is 42.9 Å². The average Bonchev–Trinajstić information content (AvgIpc) is 3.41. The van der Waals surface area contributed by atoms with Gasteiger partial charge in [-0.3, -0.25) is 9.59 Å². The summed E-state index contributed by atoms with van der Waals surface area (Å²) in [6, 6.07) is 14.8. The molecule has 1 fully saturated rings. The summed E-state index contributed by atoms with van der Waals surface area (Å²) in [7, 11) is 5.33. The number of anilines is 1. The summed E-state index contributed by atoms with van der Waals surface area (Å²) in [5, 5.41) is 11.5. The maximum Gasteiger partial charge on any atom is 0.296 e. The smallest absolute Gasteiger partial charge is 0.296 e. The van der Waals surface area contributed by atoms with Gasteiger partial charge in [0.2, 0.25) is 0 Å². The number of nitrogens with zero attached hydrogens (tertiary/aromatic N) is 2. The number of Topliss-reactive ketones (excluding diaryl/α,β-unsaturated/α-hetero) is 1. The van der Waals surface area contributed by atoms with E-state index in [9.17, 15) is 14.7 Å². The van der Waals surface area contributed by atoms with E-state index in [1.807, 2.05) is 43.3 Å². The molecule has 0 saturated carbocycles. The summed E-state index contributed by atoms with van der Waals surface area (Å²) in [5.74, 6) is -0.905. The van der Waals surface area contributed by atoms with Crippen LogP contribution in [0.1, 0.15) is 22.9 Å². The summed E-state index contributed by atoms with van der Waals surface area (Å²) < 4.78 is 10.7. The van der Waals surface area contributed by atoms with Gasteiger partial charge in [0.05, 0.1) is 36.6 Å². The van der Waals surface area contributed by atoms with E-state index in [1.165, 1.54) is 24.3 Å². The van der Waals surface area contributed by atoms with Gasteiger partial charge in [0.25, 0.3) is 11.7 Å². The molecule has 0 aliphatic carbocycles. The zero-order valence-electron chi connectivity index (χ0n) is 18.4. The second-order valence-electron chi connectivity index (χ2n) is 7.84. The highest BCUT2D eigenvalue weighted by Gasteiger charge is 2.46. The Balaban J connectivity index is 1.88. The normalized spacial score (nSPS) is 17.5. The highest BCUT2D eigenvalue weighted by molar-refractivity contribution is 6.47. The molecule has 1 saturated heterocycles. The van der Waals surface area contributed by atoms with E-state index >= 15 is 0 Å². The second-order valence-corrected chi connectivity index (χ2v) is 8.25. The summed E-state index contributed by atoms with van der Waals surface area (Å²) in [4.78, 5) is 29.6. The van der Waals surface area contributed by atoms with Gasteiger partial charge in [-0.2, -0.15) is 0 Å². The Morgan fingerprint density at radius 3 is 2.48 bits per heavy atom. The molecule has 1 N–H and O–H groups in total. The first kappa shape index (κ1) is 22.5. The number of hydrogen-bond donors (Lipinski definition) is 1. The van der Waals surface area contributed by atoms with Gasteiger partial charge in [-0.05, 0) is 48.0 Å². The zero-order chi connectivity index (χ0) is 23.7. The van der Waals surface area contributed by atoms with Crippen molar-refractivity contribution in [2.24, 2.45) is 0 Å². The van der Waals surface area contributed by atoms with Crippen molar-refractivity contribution in [2.45, 2.75) is 12.6 Å². The third kappa shape index (κ3) is 4.19. The summed E-state index contributed by atoms with van der Waals surface area (Å²) in [5.41, 5.74) is 1.80. The molecule has 1 unspecified atom stereocenters. The zero-order valence-corrected chi connectivity index (χ0v) is 19.2. The Bertz CT molecular complexity index is 1220. The number of aliphatic hydroxyl groups is 1. The summed E-state index contributed by atoms with van der Waals surface area (Å²) >= 11 is 6.33. The molecule has 0 radical (unpaired) electrons. The Kier molecular flexibility index (Phi) is 6.16. The van der Waals surface area contributed by atoms with Crippen LogP contribution >= 0.6 is 11.6 Å². The average molecular weight is 467 g/mol. The molecule has 4 rings (SSSR count). The minimum atomic E-state index is -0.825. The van der Waals surface area contributed by atoms with E-state index in [0.717, 1.165) is 5.69 Å². The Hall–Kier alpha value is -3.71. The van der Waals surface area contributed by atoms with Crippen LogP contribution in [0, 0.1) is 0 Å². The number of ketones is 1. The number of methoxy groups -OCH3 is 1. The number of amides is 1. The molecule has 3 aromatic rings. The van der Waals surface area contributed by atoms with Crippen molar-refractivity contribution < 1.29 is 23.8 Å². The lowest BCUT2D eigenvalue weighted by molar-refractivity contribution is -0.140. The molecular formula is C25H23ClN2O5. The first-order valence-electron chi connectivity index (χ1n) is 10.2. The Morgan fingerprint density at radius 2 is 1.88 bits per heavy atom. The van der Waals surface area contributed by atoms with Gasteiger partial charge >= 0.3 is 0 Å². The maximum atomic E-state index is 13.2. The minimum Gasteiger partial charge on any atom is -0.507 e. The van der Waals surface area contributed by atoms with Crippen LogP contribution < -0.4 is 9.64 Å². The predicted octanol–water partition coefficient (Wildman–Crippen LogP) is 4.63. The number of hydrogen-bond acceptors (Lipinski definition) is 6. The maximum absolute atomic E-state index is 13.2. The molecule has 1 atom stereocenters. The lowest BCUT2D eigenvalue weighted by Crippen LogP contribution is -2.29. The van der Waals surface area contributed by atoms with E-state index in [0.29, 0.717) is 17.1 Å². The monoisotopic (exact) mass is 466 g/mol. The largest absolute Gasteiger partial charge is 0.507 e. The van der Waals surface area contributed by atoms with Crippen LogP contribution in [0.15, 0.2) is 70.9 Å². The molecule has 2 aromatic carbocycles. The van der Waals surface area contributed by atoms with Gasteiger partial charge in [0, 0.05) is 25.3 Å². The van der Waals surface area contributed by atoms with Gasteiger partial charge < -0.3 is 24.1 Å². The van der Waals surface area contributed by atoms with Gasteiger partial charge in [0.1, 0.15) is 17.3 Å².